The van der Waals surface area contributed by atoms with Gasteiger partial charge in [-0.3, -0.25) is 0 Å². The molecule has 1 N–H and O–H groups in total. The normalized spacial score (nSPS) is 24.2. The Morgan fingerprint density at radius 1 is 1.37 bits per heavy atom. The predicted molar refractivity (Wildman–Crippen MR) is 59.7 cm³/mol. The van der Waals surface area contributed by atoms with Crippen LogP contribution in [0.25, 0.3) is 0 Å². The minimum absolute atomic E-state index is 0.0508. The monoisotopic (exact) mass is 277 g/mol. The lowest BCUT2D eigenvalue weighted by Crippen LogP contribution is -2.45. The summed E-state index contributed by atoms with van der Waals surface area (Å²) in [6.07, 6.45) is -4.55. The minimum Gasteiger partial charge on any atom is -0.474 e. The van der Waals surface area contributed by atoms with Gasteiger partial charge in [-0.05, 0) is 13.0 Å². The number of alkyl halides is 3. The van der Waals surface area contributed by atoms with E-state index in [-0.39, 0.29) is 24.7 Å². The molecule has 0 radical (unpaired) electrons. The summed E-state index contributed by atoms with van der Waals surface area (Å²) < 4.78 is 47.6. The first-order valence-corrected chi connectivity index (χ1v) is 5.85. The zero-order valence-corrected chi connectivity index (χ0v) is 10.3. The van der Waals surface area contributed by atoms with Crippen molar-refractivity contribution in [3.63, 3.8) is 0 Å². The first-order chi connectivity index (χ1) is 8.95. The van der Waals surface area contributed by atoms with E-state index in [0.29, 0.717) is 6.54 Å². The molecule has 0 saturated carbocycles. The average Bonchev–Trinajstić information content (AvgIpc) is 2.36. The molecule has 0 amide bonds. The molecule has 0 spiro atoms. The van der Waals surface area contributed by atoms with Gasteiger partial charge in [-0.15, -0.1) is 10.2 Å². The molecule has 2 unspecified atom stereocenters. The fourth-order valence-corrected chi connectivity index (χ4v) is 1.70. The van der Waals surface area contributed by atoms with E-state index >= 15 is 0 Å². The van der Waals surface area contributed by atoms with Gasteiger partial charge in [0.15, 0.2) is 5.69 Å². The van der Waals surface area contributed by atoms with Crippen LogP contribution in [0.5, 0.6) is 5.88 Å². The molecule has 0 aliphatic carbocycles. The maximum Gasteiger partial charge on any atom is 0.435 e. The molecule has 1 aliphatic rings. The van der Waals surface area contributed by atoms with Crippen LogP contribution in [0.4, 0.5) is 13.2 Å². The Kier molecular flexibility index (Phi) is 4.20. The van der Waals surface area contributed by atoms with E-state index in [4.69, 9.17) is 9.47 Å². The van der Waals surface area contributed by atoms with Crippen LogP contribution in [0.1, 0.15) is 12.6 Å². The van der Waals surface area contributed by atoms with Gasteiger partial charge in [0.2, 0.25) is 5.88 Å². The number of rotatable bonds is 3. The molecule has 19 heavy (non-hydrogen) atoms. The molecule has 1 aromatic heterocycles. The van der Waals surface area contributed by atoms with Crippen molar-refractivity contribution in [3.8, 4) is 5.88 Å². The zero-order chi connectivity index (χ0) is 13.9. The van der Waals surface area contributed by atoms with E-state index < -0.39 is 11.9 Å². The largest absolute Gasteiger partial charge is 0.474 e. The molecule has 1 aliphatic heterocycles. The summed E-state index contributed by atoms with van der Waals surface area (Å²) in [4.78, 5) is 0. The Morgan fingerprint density at radius 2 is 2.16 bits per heavy atom. The second kappa shape index (κ2) is 5.70. The average molecular weight is 277 g/mol. The van der Waals surface area contributed by atoms with Crippen molar-refractivity contribution in [1.29, 1.82) is 0 Å². The van der Waals surface area contributed by atoms with Crippen molar-refractivity contribution in [1.82, 2.24) is 15.5 Å². The first-order valence-electron chi connectivity index (χ1n) is 5.85. The molecule has 5 nitrogen and oxygen atoms in total. The van der Waals surface area contributed by atoms with Crippen LogP contribution in [0, 0.1) is 0 Å². The van der Waals surface area contributed by atoms with E-state index in [1.807, 2.05) is 6.92 Å². The number of morpholine rings is 1. The number of hydrogen-bond donors (Lipinski definition) is 1. The van der Waals surface area contributed by atoms with Crippen molar-refractivity contribution < 1.29 is 22.6 Å². The minimum atomic E-state index is -4.49. The smallest absolute Gasteiger partial charge is 0.435 e. The lowest BCUT2D eigenvalue weighted by atomic mass is 10.2. The van der Waals surface area contributed by atoms with Gasteiger partial charge < -0.3 is 14.8 Å². The lowest BCUT2D eigenvalue weighted by Gasteiger charge is -2.28. The maximum atomic E-state index is 12.3. The number of nitrogens with zero attached hydrogens (tertiary/aromatic N) is 2. The molecule has 1 fully saturated rings. The van der Waals surface area contributed by atoms with Gasteiger partial charge in [0.25, 0.3) is 0 Å². The van der Waals surface area contributed by atoms with Gasteiger partial charge in [0.1, 0.15) is 12.7 Å². The van der Waals surface area contributed by atoms with Crippen molar-refractivity contribution in [2.45, 2.75) is 25.3 Å². The maximum absolute atomic E-state index is 12.3. The van der Waals surface area contributed by atoms with Gasteiger partial charge >= 0.3 is 6.18 Å². The quantitative estimate of drug-likeness (QED) is 0.901. The third kappa shape index (κ3) is 4.03. The predicted octanol–water partition coefficient (Wildman–Crippen LogP) is 1.25. The third-order valence-corrected chi connectivity index (χ3v) is 2.58. The first kappa shape index (κ1) is 14.0. The van der Waals surface area contributed by atoms with Crippen LogP contribution in [0.2, 0.25) is 0 Å². The van der Waals surface area contributed by atoms with Gasteiger partial charge in [0, 0.05) is 19.2 Å². The third-order valence-electron chi connectivity index (χ3n) is 2.58. The van der Waals surface area contributed by atoms with E-state index in [2.05, 4.69) is 15.5 Å². The molecular weight excluding hydrogens is 263 g/mol. The second-order valence-electron chi connectivity index (χ2n) is 4.29. The summed E-state index contributed by atoms with van der Waals surface area (Å²) in [6.45, 7) is 3.56. The fourth-order valence-electron chi connectivity index (χ4n) is 1.70. The van der Waals surface area contributed by atoms with E-state index in [1.165, 1.54) is 0 Å². The topological polar surface area (TPSA) is 56.3 Å². The number of aromatic nitrogens is 2. The molecule has 106 valence electrons. The molecule has 1 saturated heterocycles. The number of hydrogen-bond acceptors (Lipinski definition) is 5. The number of halogens is 3. The zero-order valence-electron chi connectivity index (χ0n) is 10.3. The highest BCUT2D eigenvalue weighted by Crippen LogP contribution is 2.27. The summed E-state index contributed by atoms with van der Waals surface area (Å²) in [5.74, 6) is 0.0508. The SMILES string of the molecule is CC1CNCC(COc2ccc(C(F)(F)F)nn2)O1. The molecule has 2 atom stereocenters. The molecule has 0 aromatic carbocycles. The summed E-state index contributed by atoms with van der Waals surface area (Å²) in [5, 5.41) is 9.61. The second-order valence-corrected chi connectivity index (χ2v) is 4.29. The van der Waals surface area contributed by atoms with Crippen molar-refractivity contribution in [3.05, 3.63) is 17.8 Å². The van der Waals surface area contributed by atoms with E-state index in [1.54, 1.807) is 0 Å². The lowest BCUT2D eigenvalue weighted by molar-refractivity contribution is -0.141. The molecule has 2 heterocycles. The Morgan fingerprint density at radius 3 is 2.74 bits per heavy atom. The van der Waals surface area contributed by atoms with Gasteiger partial charge in [0.05, 0.1) is 6.10 Å². The summed E-state index contributed by atoms with van der Waals surface area (Å²) in [7, 11) is 0. The van der Waals surface area contributed by atoms with Crippen LogP contribution in [-0.2, 0) is 10.9 Å². The van der Waals surface area contributed by atoms with Gasteiger partial charge in [-0.2, -0.15) is 13.2 Å². The van der Waals surface area contributed by atoms with Crippen LogP contribution < -0.4 is 10.1 Å². The Labute approximate surface area is 108 Å². The standard InChI is InChI=1S/C11H14F3N3O2/c1-7-4-15-5-8(19-7)6-18-10-3-2-9(16-17-10)11(12,13)14/h2-3,7-8,15H,4-6H2,1H3. The summed E-state index contributed by atoms with van der Waals surface area (Å²) in [5.41, 5.74) is -1.04. The summed E-state index contributed by atoms with van der Waals surface area (Å²) >= 11 is 0. The Hall–Kier alpha value is -1.41. The molecule has 1 aromatic rings. The van der Waals surface area contributed by atoms with Gasteiger partial charge in [-0.1, -0.05) is 0 Å². The van der Waals surface area contributed by atoms with Crippen LogP contribution in [0.15, 0.2) is 12.1 Å². The molecule has 2 rings (SSSR count). The highest BCUT2D eigenvalue weighted by molar-refractivity contribution is 5.13. The van der Waals surface area contributed by atoms with E-state index in [9.17, 15) is 13.2 Å². The van der Waals surface area contributed by atoms with Crippen molar-refractivity contribution in [2.75, 3.05) is 19.7 Å². The summed E-state index contributed by atoms with van der Waals surface area (Å²) in [6, 6.07) is 1.99. The van der Waals surface area contributed by atoms with Gasteiger partial charge in [-0.25, -0.2) is 0 Å². The van der Waals surface area contributed by atoms with Crippen LogP contribution in [0.3, 0.4) is 0 Å². The fraction of sp³-hybridized carbons (Fsp3) is 0.636. The highest BCUT2D eigenvalue weighted by atomic mass is 19.4. The molecule has 8 heteroatoms. The van der Waals surface area contributed by atoms with Crippen molar-refractivity contribution in [2.24, 2.45) is 0 Å². The Bertz CT molecular complexity index is 411. The highest BCUT2D eigenvalue weighted by Gasteiger charge is 2.33. The Balaban J connectivity index is 1.86. The van der Waals surface area contributed by atoms with Crippen LogP contribution >= 0.6 is 0 Å². The van der Waals surface area contributed by atoms with Crippen LogP contribution in [-0.4, -0.2) is 42.1 Å². The van der Waals surface area contributed by atoms with E-state index in [0.717, 1.165) is 18.7 Å². The molecule has 0 bridgehead atoms. The number of nitrogens with one attached hydrogen (secondary N) is 1. The van der Waals surface area contributed by atoms with Crippen molar-refractivity contribution >= 4 is 0 Å². The number of ether oxygens (including phenoxy) is 2. The molecular formula is C11H14F3N3O2.